The number of carbonyl (C=O) groups excluding carboxylic acids is 1. The van der Waals surface area contributed by atoms with E-state index in [1.54, 1.807) is 6.07 Å². The molecular weight excluding hydrogens is 484 g/mol. The number of anilines is 1. The van der Waals surface area contributed by atoms with Crippen molar-refractivity contribution in [3.8, 4) is 17.2 Å². The number of carbonyl (C=O) groups is 1. The van der Waals surface area contributed by atoms with Crippen molar-refractivity contribution in [3.63, 3.8) is 0 Å². The van der Waals surface area contributed by atoms with Gasteiger partial charge in [0.1, 0.15) is 36.4 Å². The molecule has 0 radical (unpaired) electrons. The summed E-state index contributed by atoms with van der Waals surface area (Å²) in [5.74, 6) is 1.81. The van der Waals surface area contributed by atoms with Gasteiger partial charge in [0.2, 0.25) is 0 Å². The minimum absolute atomic E-state index is 0. The van der Waals surface area contributed by atoms with Crippen LogP contribution in [0.1, 0.15) is 57.2 Å². The second-order valence-corrected chi connectivity index (χ2v) is 9.46. The third kappa shape index (κ3) is 4.58. The van der Waals surface area contributed by atoms with Crippen molar-refractivity contribution in [2.45, 2.75) is 38.8 Å². The van der Waals surface area contributed by atoms with Crippen LogP contribution in [0.25, 0.3) is 16.7 Å². The Morgan fingerprint density at radius 2 is 1.97 bits per heavy atom. The van der Waals surface area contributed by atoms with Crippen molar-refractivity contribution < 1.29 is 54.4 Å². The maximum absolute atomic E-state index is 14.2. The van der Waals surface area contributed by atoms with Crippen LogP contribution in [0.3, 0.4) is 0 Å². The molecule has 0 saturated carbocycles. The summed E-state index contributed by atoms with van der Waals surface area (Å²) in [7, 11) is 0. The van der Waals surface area contributed by atoms with Gasteiger partial charge in [-0.2, -0.15) is 0 Å². The molecule has 0 amide bonds. The first-order valence-electron chi connectivity index (χ1n) is 12.0. The summed E-state index contributed by atoms with van der Waals surface area (Å²) in [5, 5.41) is 3.54. The molecular formula is C28H27FN3NaO4. The Bertz CT molecular complexity index is 1510. The molecule has 7 nitrogen and oxygen atoms in total. The third-order valence-electron chi connectivity index (χ3n) is 6.59. The molecule has 1 N–H and O–H groups in total. The van der Waals surface area contributed by atoms with E-state index >= 15 is 0 Å². The minimum Gasteiger partial charge on any atom is -1.00 e. The van der Waals surface area contributed by atoms with Crippen LogP contribution in [0.2, 0.25) is 0 Å². The Morgan fingerprint density at radius 3 is 2.76 bits per heavy atom. The number of nitrogens with zero attached hydrogens (tertiary/aromatic N) is 2. The average Bonchev–Trinajstić information content (AvgIpc) is 3.54. The second-order valence-electron chi connectivity index (χ2n) is 9.46. The van der Waals surface area contributed by atoms with Crippen LogP contribution in [-0.2, 0) is 9.53 Å². The zero-order valence-corrected chi connectivity index (χ0v) is 23.2. The number of esters is 1. The van der Waals surface area contributed by atoms with E-state index in [-0.39, 0.29) is 60.8 Å². The van der Waals surface area contributed by atoms with Gasteiger partial charge in [-0.1, -0.05) is 26.0 Å². The van der Waals surface area contributed by atoms with E-state index in [0.29, 0.717) is 24.5 Å². The number of fused-ring (bicyclic) bond motifs is 3. The van der Waals surface area contributed by atoms with E-state index in [0.717, 1.165) is 39.6 Å². The molecule has 0 saturated heterocycles. The van der Waals surface area contributed by atoms with Gasteiger partial charge >= 0.3 is 35.5 Å². The summed E-state index contributed by atoms with van der Waals surface area (Å²) >= 11 is 0. The SMILES string of the molecule is CC(=O)O[C@@H]1COc2cc(N[C@@H]3COc4c3cccc4-n3c(C(C)C)nc4ccc(F)cc43)ccc21.[H-].[Na+]. The molecule has 0 fully saturated rings. The van der Waals surface area contributed by atoms with E-state index in [9.17, 15) is 9.18 Å². The molecule has 6 rings (SSSR count). The molecule has 0 unspecified atom stereocenters. The maximum Gasteiger partial charge on any atom is 1.00 e. The first kappa shape index (κ1) is 25.6. The van der Waals surface area contributed by atoms with Gasteiger partial charge in [0.25, 0.3) is 0 Å². The number of hydrogen-bond donors (Lipinski definition) is 1. The van der Waals surface area contributed by atoms with Crippen molar-refractivity contribution in [2.24, 2.45) is 0 Å². The molecule has 2 aliphatic heterocycles. The first-order chi connectivity index (χ1) is 17.4. The number of rotatable bonds is 5. The van der Waals surface area contributed by atoms with Crippen LogP contribution in [0.5, 0.6) is 11.5 Å². The fraction of sp³-hybridized carbons (Fsp3) is 0.286. The average molecular weight is 512 g/mol. The van der Waals surface area contributed by atoms with Gasteiger partial charge in [0.15, 0.2) is 6.10 Å². The second kappa shape index (κ2) is 10.0. The number of halogens is 1. The van der Waals surface area contributed by atoms with E-state index < -0.39 is 0 Å². The standard InChI is InChI=1S/C28H26FN3O4.Na.H/c1-15(2)28-31-21-10-7-17(29)11-24(21)32(28)23-6-4-5-19-22(13-35-27(19)23)30-18-8-9-20-25(12-18)34-14-26(20)36-16(3)33;;/h4-12,15,22,26,30H,13-14H2,1-3H3;;/q;+1;-1/t22-,26-;;/m1../s1. The van der Waals surface area contributed by atoms with Gasteiger partial charge in [0.05, 0.1) is 22.8 Å². The summed E-state index contributed by atoms with van der Waals surface area (Å²) in [6.45, 7) is 6.30. The van der Waals surface area contributed by atoms with Crippen molar-refractivity contribution in [1.29, 1.82) is 0 Å². The first-order valence-corrected chi connectivity index (χ1v) is 12.0. The van der Waals surface area contributed by atoms with Gasteiger partial charge in [-0.25, -0.2) is 9.37 Å². The van der Waals surface area contributed by atoms with E-state index in [1.807, 2.05) is 41.0 Å². The molecule has 186 valence electrons. The molecule has 3 heterocycles. The minimum atomic E-state index is -0.380. The van der Waals surface area contributed by atoms with Gasteiger partial charge in [-0.3, -0.25) is 9.36 Å². The largest absolute Gasteiger partial charge is 1.00 e. The molecule has 37 heavy (non-hydrogen) atoms. The molecule has 9 heteroatoms. The number of benzene rings is 3. The van der Waals surface area contributed by atoms with Gasteiger partial charge in [-0.15, -0.1) is 0 Å². The Balaban J connectivity index is 0.00000168. The normalized spacial score (nSPS) is 17.5. The Kier molecular flexibility index (Phi) is 6.91. The molecule has 2 aliphatic rings. The number of imidazole rings is 1. The topological polar surface area (TPSA) is 74.6 Å². The monoisotopic (exact) mass is 511 g/mol. The summed E-state index contributed by atoms with van der Waals surface area (Å²) < 4.78 is 33.5. The zero-order valence-electron chi connectivity index (χ0n) is 22.2. The molecule has 0 bridgehead atoms. The molecule has 0 aliphatic carbocycles. The fourth-order valence-corrected chi connectivity index (χ4v) is 5.00. The smallest absolute Gasteiger partial charge is 1.00 e. The van der Waals surface area contributed by atoms with Crippen molar-refractivity contribution in [1.82, 2.24) is 9.55 Å². The van der Waals surface area contributed by atoms with Crippen LogP contribution in [0.4, 0.5) is 10.1 Å². The third-order valence-corrected chi connectivity index (χ3v) is 6.59. The van der Waals surface area contributed by atoms with E-state index in [1.165, 1.54) is 19.1 Å². The van der Waals surface area contributed by atoms with Gasteiger partial charge in [0, 0.05) is 41.8 Å². The van der Waals surface area contributed by atoms with E-state index in [4.69, 9.17) is 19.2 Å². The van der Waals surface area contributed by atoms with Crippen molar-refractivity contribution >= 4 is 22.7 Å². The zero-order chi connectivity index (χ0) is 25.0. The maximum atomic E-state index is 14.2. The number of ether oxygens (including phenoxy) is 3. The number of aromatic nitrogens is 2. The Labute approximate surface area is 237 Å². The molecule has 1 aromatic heterocycles. The van der Waals surface area contributed by atoms with Crippen LogP contribution in [0.15, 0.2) is 54.6 Å². The van der Waals surface area contributed by atoms with Crippen LogP contribution in [-0.4, -0.2) is 28.7 Å². The Hall–Kier alpha value is -3.07. The van der Waals surface area contributed by atoms with Gasteiger partial charge < -0.3 is 21.0 Å². The number of nitrogens with one attached hydrogen (secondary N) is 1. The van der Waals surface area contributed by atoms with Crippen molar-refractivity contribution in [2.75, 3.05) is 18.5 Å². The molecule has 4 aromatic rings. The summed E-state index contributed by atoms with van der Waals surface area (Å²) in [5.41, 5.74) is 5.05. The van der Waals surface area contributed by atoms with Crippen LogP contribution < -0.4 is 44.3 Å². The quantitative estimate of drug-likeness (QED) is 0.328. The molecule has 3 aromatic carbocycles. The van der Waals surface area contributed by atoms with Crippen LogP contribution in [0, 0.1) is 5.82 Å². The van der Waals surface area contributed by atoms with Gasteiger partial charge in [-0.05, 0) is 30.3 Å². The molecule has 0 spiro atoms. The summed E-state index contributed by atoms with van der Waals surface area (Å²) in [4.78, 5) is 16.1. The number of hydrogen-bond acceptors (Lipinski definition) is 6. The summed E-state index contributed by atoms with van der Waals surface area (Å²) in [6, 6.07) is 16.4. The van der Waals surface area contributed by atoms with Crippen LogP contribution >= 0.6 is 0 Å². The fourth-order valence-electron chi connectivity index (χ4n) is 5.00. The van der Waals surface area contributed by atoms with Crippen molar-refractivity contribution in [3.05, 3.63) is 77.4 Å². The predicted octanol–water partition coefficient (Wildman–Crippen LogP) is 2.95. The Morgan fingerprint density at radius 1 is 1.14 bits per heavy atom. The number of para-hydroxylation sites is 1. The summed E-state index contributed by atoms with van der Waals surface area (Å²) in [6.07, 6.45) is -0.380. The predicted molar refractivity (Wildman–Crippen MR) is 135 cm³/mol. The molecule has 2 atom stereocenters. The van der Waals surface area contributed by atoms with E-state index in [2.05, 4.69) is 19.2 Å².